The Morgan fingerprint density at radius 1 is 1.04 bits per heavy atom. The van der Waals surface area contributed by atoms with Crippen molar-refractivity contribution in [2.75, 3.05) is 39.6 Å². The van der Waals surface area contributed by atoms with Crippen LogP contribution in [0.4, 0.5) is 5.69 Å². The fourth-order valence-corrected chi connectivity index (χ4v) is 3.17. The minimum atomic E-state index is -3.59. The van der Waals surface area contributed by atoms with Crippen LogP contribution in [0.5, 0.6) is 5.75 Å². The minimum absolute atomic E-state index is 0.122. The average Bonchev–Trinajstić information content (AvgIpc) is 2.62. The van der Waals surface area contributed by atoms with Crippen LogP contribution in [0.15, 0.2) is 53.4 Å². The van der Waals surface area contributed by atoms with Gasteiger partial charge in [0.25, 0.3) is 5.91 Å². The molecule has 0 saturated heterocycles. The van der Waals surface area contributed by atoms with E-state index in [-0.39, 0.29) is 10.8 Å². The van der Waals surface area contributed by atoms with Crippen LogP contribution in [0.1, 0.15) is 10.4 Å². The van der Waals surface area contributed by atoms with Crippen molar-refractivity contribution in [3.63, 3.8) is 0 Å². The highest BCUT2D eigenvalue weighted by Crippen LogP contribution is 2.16. The van der Waals surface area contributed by atoms with E-state index in [1.165, 1.54) is 24.3 Å². The molecule has 8 heteroatoms. The van der Waals surface area contributed by atoms with Gasteiger partial charge in [0, 0.05) is 24.3 Å². The van der Waals surface area contributed by atoms with Crippen LogP contribution in [-0.4, -0.2) is 53.5 Å². The molecular formula is C18H23N3O4S. The quantitative estimate of drug-likeness (QED) is 0.732. The van der Waals surface area contributed by atoms with E-state index in [2.05, 4.69) is 10.0 Å². The molecule has 0 unspecified atom stereocenters. The number of carbonyl (C=O) groups is 1. The second-order valence-corrected chi connectivity index (χ2v) is 7.68. The summed E-state index contributed by atoms with van der Waals surface area (Å²) in [6.07, 6.45) is 0. The summed E-state index contributed by atoms with van der Waals surface area (Å²) in [5.41, 5.74) is 0.992. The van der Waals surface area contributed by atoms with Gasteiger partial charge in [0.15, 0.2) is 0 Å². The van der Waals surface area contributed by atoms with Gasteiger partial charge in [-0.25, -0.2) is 13.1 Å². The lowest BCUT2D eigenvalue weighted by Gasteiger charge is -2.11. The van der Waals surface area contributed by atoms with Crippen LogP contribution >= 0.6 is 0 Å². The van der Waals surface area contributed by atoms with Gasteiger partial charge in [-0.1, -0.05) is 0 Å². The van der Waals surface area contributed by atoms with Crippen LogP contribution in [-0.2, 0) is 10.0 Å². The zero-order valence-electron chi connectivity index (χ0n) is 15.0. The van der Waals surface area contributed by atoms with E-state index < -0.39 is 10.0 Å². The van der Waals surface area contributed by atoms with E-state index in [1.807, 2.05) is 19.0 Å². The lowest BCUT2D eigenvalue weighted by Crippen LogP contribution is -2.31. The van der Waals surface area contributed by atoms with E-state index >= 15 is 0 Å². The molecule has 7 nitrogen and oxygen atoms in total. The number of methoxy groups -OCH3 is 1. The SMILES string of the molecule is COc1ccc(NC(=O)c2ccc(S(=O)(=O)NCCN(C)C)cc2)cc1. The Hall–Kier alpha value is -2.42. The van der Waals surface area contributed by atoms with Crippen LogP contribution in [0.3, 0.4) is 0 Å². The van der Waals surface area contributed by atoms with E-state index in [1.54, 1.807) is 31.4 Å². The first-order valence-corrected chi connectivity index (χ1v) is 9.50. The zero-order chi connectivity index (χ0) is 19.2. The maximum atomic E-state index is 12.3. The minimum Gasteiger partial charge on any atom is -0.497 e. The van der Waals surface area contributed by atoms with Crippen molar-refractivity contribution in [2.24, 2.45) is 0 Å². The lowest BCUT2D eigenvalue weighted by atomic mass is 10.2. The van der Waals surface area contributed by atoms with Crippen molar-refractivity contribution in [1.82, 2.24) is 9.62 Å². The molecule has 1 amide bonds. The highest BCUT2D eigenvalue weighted by atomic mass is 32.2. The first-order valence-electron chi connectivity index (χ1n) is 8.02. The Bertz CT molecular complexity index is 832. The van der Waals surface area contributed by atoms with Crippen molar-refractivity contribution in [2.45, 2.75) is 4.90 Å². The standard InChI is InChI=1S/C18H23N3O4S/c1-21(2)13-12-19-26(23,24)17-10-4-14(5-11-17)18(22)20-15-6-8-16(25-3)9-7-15/h4-11,19H,12-13H2,1-3H3,(H,20,22). The molecule has 0 bridgehead atoms. The Morgan fingerprint density at radius 2 is 1.65 bits per heavy atom. The normalized spacial score (nSPS) is 11.4. The number of nitrogens with one attached hydrogen (secondary N) is 2. The molecule has 0 radical (unpaired) electrons. The average molecular weight is 377 g/mol. The second kappa shape index (κ2) is 8.79. The highest BCUT2D eigenvalue weighted by Gasteiger charge is 2.14. The molecule has 2 aromatic carbocycles. The molecule has 0 aliphatic rings. The number of carbonyl (C=O) groups excluding carboxylic acids is 1. The van der Waals surface area contributed by atoms with E-state index in [4.69, 9.17) is 4.74 Å². The van der Waals surface area contributed by atoms with Crippen molar-refractivity contribution in [1.29, 1.82) is 0 Å². The first kappa shape index (κ1) is 19.9. The number of rotatable bonds is 8. The third-order valence-corrected chi connectivity index (χ3v) is 5.10. The summed E-state index contributed by atoms with van der Waals surface area (Å²) in [4.78, 5) is 14.3. The molecule has 0 aromatic heterocycles. The van der Waals surface area contributed by atoms with Gasteiger partial charge < -0.3 is 15.0 Å². The Morgan fingerprint density at radius 3 is 2.19 bits per heavy atom. The number of likely N-dealkylation sites (N-methyl/N-ethyl adjacent to an activating group) is 1. The molecule has 2 N–H and O–H groups in total. The number of hydrogen-bond donors (Lipinski definition) is 2. The van der Waals surface area contributed by atoms with E-state index in [9.17, 15) is 13.2 Å². The maximum absolute atomic E-state index is 12.3. The Kier molecular flexibility index (Phi) is 6.73. The molecule has 2 rings (SSSR count). The molecule has 140 valence electrons. The number of ether oxygens (including phenoxy) is 1. The summed E-state index contributed by atoms with van der Waals surface area (Å²) in [6.45, 7) is 0.913. The second-order valence-electron chi connectivity index (χ2n) is 5.91. The Labute approximate surface area is 154 Å². The number of benzene rings is 2. The van der Waals surface area contributed by atoms with Crippen LogP contribution in [0, 0.1) is 0 Å². The summed E-state index contributed by atoms with van der Waals surface area (Å²) < 4.78 is 32.0. The molecule has 2 aromatic rings. The fraction of sp³-hybridized carbons (Fsp3) is 0.278. The molecule has 26 heavy (non-hydrogen) atoms. The smallest absolute Gasteiger partial charge is 0.255 e. The van der Waals surface area contributed by atoms with Gasteiger partial charge >= 0.3 is 0 Å². The predicted octanol–water partition coefficient (Wildman–Crippen LogP) is 1.79. The van der Waals surface area contributed by atoms with Gasteiger partial charge in [-0.3, -0.25) is 4.79 Å². The van der Waals surface area contributed by atoms with E-state index in [0.717, 1.165) is 0 Å². The van der Waals surface area contributed by atoms with Crippen LogP contribution < -0.4 is 14.8 Å². The van der Waals surface area contributed by atoms with Crippen LogP contribution in [0.2, 0.25) is 0 Å². The van der Waals surface area contributed by atoms with Gasteiger partial charge in [0.2, 0.25) is 10.0 Å². The molecule has 0 fully saturated rings. The van der Waals surface area contributed by atoms with Gasteiger partial charge in [0.1, 0.15) is 5.75 Å². The third kappa shape index (κ3) is 5.55. The number of nitrogens with zero attached hydrogens (tertiary/aromatic N) is 1. The molecule has 0 aliphatic heterocycles. The van der Waals surface area contributed by atoms with Crippen molar-refractivity contribution in [3.05, 3.63) is 54.1 Å². The zero-order valence-corrected chi connectivity index (χ0v) is 15.8. The fourth-order valence-electron chi connectivity index (χ4n) is 2.15. The van der Waals surface area contributed by atoms with Gasteiger partial charge in [0.05, 0.1) is 12.0 Å². The van der Waals surface area contributed by atoms with Crippen molar-refractivity contribution >= 4 is 21.6 Å². The summed E-state index contributed by atoms with van der Waals surface area (Å²) in [5.74, 6) is 0.374. The first-order chi connectivity index (χ1) is 12.3. The topological polar surface area (TPSA) is 87.7 Å². The Balaban J connectivity index is 2.02. The maximum Gasteiger partial charge on any atom is 0.255 e. The molecular weight excluding hydrogens is 354 g/mol. The van der Waals surface area contributed by atoms with Crippen molar-refractivity contribution in [3.8, 4) is 5.75 Å². The molecule has 0 atom stereocenters. The van der Waals surface area contributed by atoms with Gasteiger partial charge in [-0.15, -0.1) is 0 Å². The van der Waals surface area contributed by atoms with E-state index in [0.29, 0.717) is 30.1 Å². The van der Waals surface area contributed by atoms with Crippen molar-refractivity contribution < 1.29 is 17.9 Å². The van der Waals surface area contributed by atoms with Crippen LogP contribution in [0.25, 0.3) is 0 Å². The highest BCUT2D eigenvalue weighted by molar-refractivity contribution is 7.89. The number of hydrogen-bond acceptors (Lipinski definition) is 5. The molecule has 0 saturated carbocycles. The predicted molar refractivity (Wildman–Crippen MR) is 101 cm³/mol. The molecule has 0 spiro atoms. The monoisotopic (exact) mass is 377 g/mol. The summed E-state index contributed by atoms with van der Waals surface area (Å²) in [5, 5.41) is 2.75. The largest absolute Gasteiger partial charge is 0.497 e. The molecule has 0 aliphatic carbocycles. The lowest BCUT2D eigenvalue weighted by molar-refractivity contribution is 0.102. The number of amides is 1. The number of anilines is 1. The summed E-state index contributed by atoms with van der Waals surface area (Å²) in [7, 11) is 1.71. The summed E-state index contributed by atoms with van der Waals surface area (Å²) >= 11 is 0. The third-order valence-electron chi connectivity index (χ3n) is 3.63. The van der Waals surface area contributed by atoms with Gasteiger partial charge in [-0.05, 0) is 62.6 Å². The molecule has 0 heterocycles. The van der Waals surface area contributed by atoms with Gasteiger partial charge in [-0.2, -0.15) is 0 Å². The number of sulfonamides is 1. The summed E-state index contributed by atoms with van der Waals surface area (Å²) in [6, 6.07) is 12.7.